The molecule has 0 unspecified atom stereocenters. The Kier molecular flexibility index (Phi) is 4.44. The van der Waals surface area contributed by atoms with E-state index in [1.807, 2.05) is 24.3 Å². The zero-order valence-corrected chi connectivity index (χ0v) is 13.0. The third kappa shape index (κ3) is 3.61. The first-order valence-corrected chi connectivity index (χ1v) is 7.45. The molecule has 2 aromatic carbocycles. The molecular weight excluding hydrogens is 314 g/mol. The summed E-state index contributed by atoms with van der Waals surface area (Å²) < 4.78 is 13.4. The Balaban J connectivity index is 1.61. The summed E-state index contributed by atoms with van der Waals surface area (Å²) in [6.07, 6.45) is 1.52. The van der Waals surface area contributed by atoms with E-state index in [0.717, 1.165) is 28.3 Å². The normalized spacial score (nSPS) is 10.8. The molecule has 7 nitrogen and oxygen atoms in total. The zero-order chi connectivity index (χ0) is 16.1. The Bertz CT molecular complexity index is 862. The Morgan fingerprint density at radius 3 is 2.91 bits per heavy atom. The van der Waals surface area contributed by atoms with Gasteiger partial charge in [-0.2, -0.15) is 13.8 Å². The van der Waals surface area contributed by atoms with Gasteiger partial charge in [-0.1, -0.05) is 12.1 Å². The van der Waals surface area contributed by atoms with Crippen LogP contribution < -0.4 is 15.5 Å². The number of carbonyl (C=O) groups is 1. The predicted octanol–water partition coefficient (Wildman–Crippen LogP) is 2.86. The van der Waals surface area contributed by atoms with Crippen LogP contribution in [0, 0.1) is 0 Å². The van der Waals surface area contributed by atoms with E-state index in [0.29, 0.717) is 11.4 Å². The molecule has 0 aliphatic carbocycles. The molecule has 1 heterocycles. The molecule has 3 rings (SSSR count). The van der Waals surface area contributed by atoms with Crippen molar-refractivity contribution in [2.75, 3.05) is 12.4 Å². The number of carbonyl (C=O) groups excluding carboxylic acids is 1. The SMILES string of the molecule is COc1ccccc1/C=N\NC(=O)Nc1ccc2nsnc2c1. The van der Waals surface area contributed by atoms with Gasteiger partial charge in [0.15, 0.2) is 0 Å². The fourth-order valence-corrected chi connectivity index (χ4v) is 2.47. The van der Waals surface area contributed by atoms with E-state index in [9.17, 15) is 4.79 Å². The van der Waals surface area contributed by atoms with Gasteiger partial charge in [-0.05, 0) is 30.3 Å². The van der Waals surface area contributed by atoms with Crippen molar-refractivity contribution in [3.63, 3.8) is 0 Å². The molecule has 116 valence electrons. The molecule has 0 saturated heterocycles. The van der Waals surface area contributed by atoms with Crippen LogP contribution >= 0.6 is 11.7 Å². The maximum atomic E-state index is 11.8. The average Bonchev–Trinajstić information content (AvgIpc) is 3.03. The molecule has 0 bridgehead atoms. The Morgan fingerprint density at radius 2 is 2.04 bits per heavy atom. The van der Waals surface area contributed by atoms with E-state index in [4.69, 9.17) is 4.74 Å². The molecular formula is C15H13N5O2S. The topological polar surface area (TPSA) is 88.5 Å². The number of rotatable bonds is 4. The number of methoxy groups -OCH3 is 1. The lowest BCUT2D eigenvalue weighted by Crippen LogP contribution is -2.24. The van der Waals surface area contributed by atoms with E-state index >= 15 is 0 Å². The van der Waals surface area contributed by atoms with Gasteiger partial charge in [0.1, 0.15) is 16.8 Å². The first-order valence-electron chi connectivity index (χ1n) is 6.71. The van der Waals surface area contributed by atoms with Crippen molar-refractivity contribution in [2.24, 2.45) is 5.10 Å². The molecule has 23 heavy (non-hydrogen) atoms. The molecule has 8 heteroatoms. The first kappa shape index (κ1) is 14.9. The van der Waals surface area contributed by atoms with Crippen LogP contribution in [0.2, 0.25) is 0 Å². The lowest BCUT2D eigenvalue weighted by atomic mass is 10.2. The fraction of sp³-hybridized carbons (Fsp3) is 0.0667. The van der Waals surface area contributed by atoms with Crippen molar-refractivity contribution in [3.8, 4) is 5.75 Å². The van der Waals surface area contributed by atoms with Crippen LogP contribution in [-0.4, -0.2) is 28.1 Å². The summed E-state index contributed by atoms with van der Waals surface area (Å²) in [6, 6.07) is 12.2. The fourth-order valence-electron chi connectivity index (χ4n) is 1.95. The summed E-state index contributed by atoms with van der Waals surface area (Å²) in [5.74, 6) is 0.681. The van der Waals surface area contributed by atoms with Crippen molar-refractivity contribution in [3.05, 3.63) is 48.0 Å². The van der Waals surface area contributed by atoms with Crippen LogP contribution in [0.1, 0.15) is 5.56 Å². The molecule has 0 spiro atoms. The lowest BCUT2D eigenvalue weighted by Gasteiger charge is -2.05. The number of hydrogen-bond acceptors (Lipinski definition) is 6. The largest absolute Gasteiger partial charge is 0.496 e. The van der Waals surface area contributed by atoms with Gasteiger partial charge >= 0.3 is 6.03 Å². The molecule has 2 amide bonds. The minimum Gasteiger partial charge on any atom is -0.496 e. The highest BCUT2D eigenvalue weighted by molar-refractivity contribution is 7.00. The highest BCUT2D eigenvalue weighted by atomic mass is 32.1. The minimum absolute atomic E-state index is 0.446. The Morgan fingerprint density at radius 1 is 1.22 bits per heavy atom. The van der Waals surface area contributed by atoms with E-state index in [1.54, 1.807) is 25.3 Å². The smallest absolute Gasteiger partial charge is 0.339 e. The summed E-state index contributed by atoms with van der Waals surface area (Å²) in [7, 11) is 1.58. The molecule has 0 fully saturated rings. The molecule has 0 saturated carbocycles. The standard InChI is InChI=1S/C15H13N5O2S/c1-22-14-5-3-2-4-10(14)9-16-18-15(21)17-11-6-7-12-13(8-11)20-23-19-12/h2-9H,1H3,(H2,17,18,21)/b16-9-. The van der Waals surface area contributed by atoms with Crippen molar-refractivity contribution in [2.45, 2.75) is 0 Å². The second-order valence-electron chi connectivity index (χ2n) is 4.53. The van der Waals surface area contributed by atoms with E-state index < -0.39 is 6.03 Å². The van der Waals surface area contributed by atoms with Gasteiger partial charge in [-0.25, -0.2) is 10.2 Å². The number of anilines is 1. The van der Waals surface area contributed by atoms with Crippen molar-refractivity contribution >= 4 is 40.7 Å². The number of urea groups is 1. The van der Waals surface area contributed by atoms with Gasteiger partial charge in [0.25, 0.3) is 0 Å². The van der Waals surface area contributed by atoms with Crippen LogP contribution in [0.4, 0.5) is 10.5 Å². The third-order valence-electron chi connectivity index (χ3n) is 3.02. The van der Waals surface area contributed by atoms with E-state index in [1.165, 1.54) is 6.21 Å². The number of nitrogens with one attached hydrogen (secondary N) is 2. The second-order valence-corrected chi connectivity index (χ2v) is 5.06. The van der Waals surface area contributed by atoms with Crippen molar-refractivity contribution in [1.82, 2.24) is 14.2 Å². The third-order valence-corrected chi connectivity index (χ3v) is 3.58. The van der Waals surface area contributed by atoms with E-state index in [-0.39, 0.29) is 0 Å². The summed E-state index contributed by atoms with van der Waals surface area (Å²) in [4.78, 5) is 11.8. The molecule has 1 aromatic heterocycles. The number of fused-ring (bicyclic) bond motifs is 1. The summed E-state index contributed by atoms with van der Waals surface area (Å²) in [5, 5.41) is 6.59. The number of nitrogens with zero attached hydrogens (tertiary/aromatic N) is 3. The monoisotopic (exact) mass is 327 g/mol. The molecule has 0 aliphatic heterocycles. The second kappa shape index (κ2) is 6.84. The number of para-hydroxylation sites is 1. The van der Waals surface area contributed by atoms with Crippen LogP contribution in [0.5, 0.6) is 5.75 Å². The van der Waals surface area contributed by atoms with Gasteiger partial charge in [-0.15, -0.1) is 0 Å². The summed E-state index contributed by atoms with van der Waals surface area (Å²) in [6.45, 7) is 0. The van der Waals surface area contributed by atoms with Crippen LogP contribution in [0.15, 0.2) is 47.6 Å². The number of amides is 2. The Hall–Kier alpha value is -3.00. The van der Waals surface area contributed by atoms with Gasteiger partial charge in [0.05, 0.1) is 25.1 Å². The minimum atomic E-state index is -0.446. The number of hydrogen-bond donors (Lipinski definition) is 2. The molecule has 0 radical (unpaired) electrons. The lowest BCUT2D eigenvalue weighted by molar-refractivity contribution is 0.252. The quantitative estimate of drug-likeness (QED) is 0.569. The highest BCUT2D eigenvalue weighted by Gasteiger charge is 2.04. The summed E-state index contributed by atoms with van der Waals surface area (Å²) >= 11 is 1.13. The molecule has 0 aliphatic rings. The van der Waals surface area contributed by atoms with Gasteiger partial charge in [0, 0.05) is 11.3 Å². The van der Waals surface area contributed by atoms with Crippen molar-refractivity contribution < 1.29 is 9.53 Å². The van der Waals surface area contributed by atoms with Crippen LogP contribution in [0.3, 0.4) is 0 Å². The molecule has 2 N–H and O–H groups in total. The number of hydrazone groups is 1. The molecule has 0 atom stereocenters. The number of benzene rings is 2. The predicted molar refractivity (Wildman–Crippen MR) is 90.2 cm³/mol. The maximum absolute atomic E-state index is 11.8. The number of ether oxygens (including phenoxy) is 1. The highest BCUT2D eigenvalue weighted by Crippen LogP contribution is 2.17. The van der Waals surface area contributed by atoms with Gasteiger partial charge in [-0.3, -0.25) is 0 Å². The van der Waals surface area contributed by atoms with Crippen molar-refractivity contribution in [1.29, 1.82) is 0 Å². The average molecular weight is 327 g/mol. The first-order chi connectivity index (χ1) is 11.3. The van der Waals surface area contributed by atoms with Crippen LogP contribution in [0.25, 0.3) is 11.0 Å². The maximum Gasteiger partial charge on any atom is 0.339 e. The molecule has 3 aromatic rings. The number of aromatic nitrogens is 2. The van der Waals surface area contributed by atoms with Gasteiger partial charge < -0.3 is 10.1 Å². The zero-order valence-electron chi connectivity index (χ0n) is 12.2. The Labute approximate surface area is 136 Å². The summed E-state index contributed by atoms with van der Waals surface area (Å²) in [5.41, 5.74) is 5.33. The van der Waals surface area contributed by atoms with E-state index in [2.05, 4.69) is 24.6 Å². The van der Waals surface area contributed by atoms with Gasteiger partial charge in [0.2, 0.25) is 0 Å². The van der Waals surface area contributed by atoms with Crippen LogP contribution in [-0.2, 0) is 0 Å².